The molecule has 2 atom stereocenters. The topological polar surface area (TPSA) is 64.6 Å². The fourth-order valence-electron chi connectivity index (χ4n) is 4.76. The Hall–Kier alpha value is -3.05. The molecule has 0 saturated heterocycles. The number of rotatable bonds is 6. The molecular formula is C27H28ClNO4. The summed E-state index contributed by atoms with van der Waals surface area (Å²) in [6.45, 7) is 4.45. The Balaban J connectivity index is 1.81. The van der Waals surface area contributed by atoms with Gasteiger partial charge < -0.3 is 14.8 Å². The highest BCUT2D eigenvalue weighted by atomic mass is 35.5. The van der Waals surface area contributed by atoms with Crippen LogP contribution in [-0.4, -0.2) is 25.5 Å². The van der Waals surface area contributed by atoms with Gasteiger partial charge in [0.25, 0.3) is 0 Å². The predicted octanol–water partition coefficient (Wildman–Crippen LogP) is 5.66. The molecule has 172 valence electrons. The first kappa shape index (κ1) is 23.1. The number of ether oxygens (including phenoxy) is 2. The van der Waals surface area contributed by atoms with Crippen molar-refractivity contribution in [3.63, 3.8) is 0 Å². The summed E-state index contributed by atoms with van der Waals surface area (Å²) in [4.78, 5) is 26.5. The van der Waals surface area contributed by atoms with Gasteiger partial charge in [0.1, 0.15) is 5.75 Å². The molecule has 4 rings (SSSR count). The van der Waals surface area contributed by atoms with Gasteiger partial charge in [0.2, 0.25) is 0 Å². The van der Waals surface area contributed by atoms with Crippen LogP contribution in [0, 0.1) is 0 Å². The van der Waals surface area contributed by atoms with Gasteiger partial charge in [-0.15, -0.1) is 0 Å². The lowest BCUT2D eigenvalue weighted by Crippen LogP contribution is -2.36. The summed E-state index contributed by atoms with van der Waals surface area (Å²) in [6.07, 6.45) is 1.89. The summed E-state index contributed by atoms with van der Waals surface area (Å²) in [5, 5.41) is 4.03. The lowest BCUT2D eigenvalue weighted by molar-refractivity contribution is -0.136. The van der Waals surface area contributed by atoms with E-state index >= 15 is 0 Å². The third-order valence-electron chi connectivity index (χ3n) is 6.27. The van der Waals surface area contributed by atoms with Gasteiger partial charge in [-0.2, -0.15) is 0 Å². The molecule has 0 aromatic heterocycles. The van der Waals surface area contributed by atoms with E-state index in [2.05, 4.69) is 5.32 Å². The van der Waals surface area contributed by atoms with Crippen molar-refractivity contribution < 1.29 is 19.1 Å². The molecule has 0 amide bonds. The van der Waals surface area contributed by atoms with Gasteiger partial charge in [-0.25, -0.2) is 4.79 Å². The molecule has 2 aromatic carbocycles. The molecule has 1 N–H and O–H groups in total. The third kappa shape index (κ3) is 4.55. The Morgan fingerprint density at radius 1 is 1.12 bits per heavy atom. The van der Waals surface area contributed by atoms with E-state index in [0.29, 0.717) is 47.1 Å². The SMILES string of the molecule is CCCOc1ccccc1[C@@H]1C(C(=O)OC)=C(C)NC2=C1C(=O)C[C@H](c1ccc(Cl)cc1)C2. The third-order valence-corrected chi connectivity index (χ3v) is 6.52. The van der Waals surface area contributed by atoms with E-state index in [1.165, 1.54) is 7.11 Å². The van der Waals surface area contributed by atoms with Gasteiger partial charge in [0.15, 0.2) is 5.78 Å². The second-order valence-corrected chi connectivity index (χ2v) is 8.88. The summed E-state index contributed by atoms with van der Waals surface area (Å²) in [6, 6.07) is 15.3. The summed E-state index contributed by atoms with van der Waals surface area (Å²) in [5.41, 5.74) is 4.50. The molecule has 5 nitrogen and oxygen atoms in total. The number of ketones is 1. The first-order chi connectivity index (χ1) is 15.9. The molecule has 1 heterocycles. The Morgan fingerprint density at radius 2 is 1.85 bits per heavy atom. The highest BCUT2D eigenvalue weighted by molar-refractivity contribution is 6.30. The average molecular weight is 466 g/mol. The molecule has 2 aliphatic rings. The number of para-hydroxylation sites is 1. The van der Waals surface area contributed by atoms with Gasteiger partial charge >= 0.3 is 5.97 Å². The van der Waals surface area contributed by atoms with Crippen LogP contribution in [0.4, 0.5) is 0 Å². The van der Waals surface area contributed by atoms with Crippen molar-refractivity contribution in [1.82, 2.24) is 5.32 Å². The van der Waals surface area contributed by atoms with Crippen molar-refractivity contribution >= 4 is 23.4 Å². The molecular weight excluding hydrogens is 438 g/mol. The Bertz CT molecular complexity index is 1130. The number of nitrogens with one attached hydrogen (secondary N) is 1. The van der Waals surface area contributed by atoms with Crippen molar-refractivity contribution in [1.29, 1.82) is 0 Å². The van der Waals surface area contributed by atoms with Crippen molar-refractivity contribution in [2.24, 2.45) is 0 Å². The van der Waals surface area contributed by atoms with Crippen molar-refractivity contribution in [3.05, 3.63) is 87.2 Å². The zero-order chi connectivity index (χ0) is 23.5. The number of hydrogen-bond acceptors (Lipinski definition) is 5. The minimum absolute atomic E-state index is 0.0212. The highest BCUT2D eigenvalue weighted by Gasteiger charge is 2.42. The molecule has 0 unspecified atom stereocenters. The summed E-state index contributed by atoms with van der Waals surface area (Å²) < 4.78 is 11.1. The quantitative estimate of drug-likeness (QED) is 0.557. The normalized spacial score (nSPS) is 20.3. The molecule has 1 aliphatic carbocycles. The van der Waals surface area contributed by atoms with E-state index in [0.717, 1.165) is 23.2 Å². The van der Waals surface area contributed by atoms with Crippen molar-refractivity contribution in [3.8, 4) is 5.75 Å². The smallest absolute Gasteiger partial charge is 0.336 e. The van der Waals surface area contributed by atoms with Crippen LogP contribution < -0.4 is 10.1 Å². The van der Waals surface area contributed by atoms with Crippen LogP contribution in [0.5, 0.6) is 5.75 Å². The van der Waals surface area contributed by atoms with E-state index < -0.39 is 11.9 Å². The number of methoxy groups -OCH3 is 1. The van der Waals surface area contributed by atoms with Gasteiger partial charge in [0.05, 0.1) is 25.2 Å². The Kier molecular flexibility index (Phi) is 6.89. The van der Waals surface area contributed by atoms with E-state index in [-0.39, 0.29) is 11.7 Å². The molecule has 0 saturated carbocycles. The van der Waals surface area contributed by atoms with Crippen LogP contribution >= 0.6 is 11.6 Å². The number of esters is 1. The number of allylic oxidation sites excluding steroid dienone is 3. The lowest BCUT2D eigenvalue weighted by Gasteiger charge is -2.37. The van der Waals surface area contributed by atoms with E-state index in [1.807, 2.05) is 62.4 Å². The molecule has 2 aromatic rings. The van der Waals surface area contributed by atoms with Crippen LogP contribution in [0.25, 0.3) is 0 Å². The second kappa shape index (κ2) is 9.84. The second-order valence-electron chi connectivity index (χ2n) is 8.45. The number of dihydropyridines is 1. The summed E-state index contributed by atoms with van der Waals surface area (Å²) >= 11 is 6.06. The standard InChI is InChI=1S/C27H28ClNO4/c1-4-13-33-23-8-6-5-7-20(23)25-24(27(31)32-3)16(2)29-21-14-18(15-22(30)26(21)25)17-9-11-19(28)12-10-17/h5-12,18,25,29H,4,13-15H2,1-3H3/t18-,25-/m1/s1. The number of benzene rings is 2. The highest BCUT2D eigenvalue weighted by Crippen LogP contribution is 2.47. The average Bonchev–Trinajstić information content (AvgIpc) is 2.82. The first-order valence-corrected chi connectivity index (χ1v) is 11.6. The van der Waals surface area contributed by atoms with Crippen LogP contribution in [0.3, 0.4) is 0 Å². The minimum Gasteiger partial charge on any atom is -0.493 e. The zero-order valence-corrected chi connectivity index (χ0v) is 19.9. The number of halogens is 1. The maximum Gasteiger partial charge on any atom is 0.336 e. The van der Waals surface area contributed by atoms with Crippen LogP contribution in [0.1, 0.15) is 56.1 Å². The maximum atomic E-state index is 13.6. The molecule has 33 heavy (non-hydrogen) atoms. The fourth-order valence-corrected chi connectivity index (χ4v) is 4.89. The monoisotopic (exact) mass is 465 g/mol. The Morgan fingerprint density at radius 3 is 2.55 bits per heavy atom. The van der Waals surface area contributed by atoms with E-state index in [4.69, 9.17) is 21.1 Å². The molecule has 6 heteroatoms. The number of Topliss-reactive ketones (excluding diaryl/α,β-unsaturated/α-hetero) is 1. The van der Waals surface area contributed by atoms with Crippen LogP contribution in [-0.2, 0) is 14.3 Å². The first-order valence-electron chi connectivity index (χ1n) is 11.2. The van der Waals surface area contributed by atoms with E-state index in [9.17, 15) is 9.59 Å². The maximum absolute atomic E-state index is 13.6. The van der Waals surface area contributed by atoms with Crippen molar-refractivity contribution in [2.45, 2.75) is 44.9 Å². The molecule has 0 fully saturated rings. The summed E-state index contributed by atoms with van der Waals surface area (Å²) in [5.74, 6) is -0.247. The fraction of sp³-hybridized carbons (Fsp3) is 0.333. The van der Waals surface area contributed by atoms with Gasteiger partial charge in [-0.1, -0.05) is 48.9 Å². The number of carbonyl (C=O) groups is 2. The van der Waals surface area contributed by atoms with Crippen molar-refractivity contribution in [2.75, 3.05) is 13.7 Å². The van der Waals surface area contributed by atoms with Gasteiger partial charge in [0, 0.05) is 34.0 Å². The molecule has 0 radical (unpaired) electrons. The predicted molar refractivity (Wildman–Crippen MR) is 128 cm³/mol. The molecule has 0 bridgehead atoms. The number of carbonyl (C=O) groups excluding carboxylic acids is 2. The largest absolute Gasteiger partial charge is 0.493 e. The summed E-state index contributed by atoms with van der Waals surface area (Å²) in [7, 11) is 1.36. The lowest BCUT2D eigenvalue weighted by atomic mass is 9.71. The van der Waals surface area contributed by atoms with Gasteiger partial charge in [-0.05, 0) is 49.4 Å². The molecule has 1 aliphatic heterocycles. The molecule has 0 spiro atoms. The van der Waals surface area contributed by atoms with E-state index in [1.54, 1.807) is 0 Å². The van der Waals surface area contributed by atoms with Crippen LogP contribution in [0.15, 0.2) is 71.1 Å². The number of hydrogen-bond donors (Lipinski definition) is 1. The van der Waals surface area contributed by atoms with Crippen LogP contribution in [0.2, 0.25) is 5.02 Å². The van der Waals surface area contributed by atoms with Gasteiger partial charge in [-0.3, -0.25) is 4.79 Å². The minimum atomic E-state index is -0.541. The zero-order valence-electron chi connectivity index (χ0n) is 19.1. The Labute approximate surface area is 199 Å².